The van der Waals surface area contributed by atoms with Crippen molar-refractivity contribution in [2.75, 3.05) is 6.61 Å². The van der Waals surface area contributed by atoms with Gasteiger partial charge in [0, 0.05) is 11.6 Å². The summed E-state index contributed by atoms with van der Waals surface area (Å²) >= 11 is 0. The molecule has 6 heteroatoms. The lowest BCUT2D eigenvalue weighted by Crippen LogP contribution is -2.33. The van der Waals surface area contributed by atoms with Gasteiger partial charge < -0.3 is 20.1 Å². The highest BCUT2D eigenvalue weighted by atomic mass is 16.6. The molecule has 0 saturated carbocycles. The molecule has 0 aliphatic carbocycles. The Morgan fingerprint density at radius 3 is 2.67 bits per heavy atom. The van der Waals surface area contributed by atoms with E-state index in [2.05, 4.69) is 5.10 Å². The number of aliphatic hydroxyl groups excluding tert-OH is 3. The second-order valence-corrected chi connectivity index (χ2v) is 4.40. The van der Waals surface area contributed by atoms with Crippen molar-refractivity contribution in [1.82, 2.24) is 9.78 Å². The van der Waals surface area contributed by atoms with Crippen molar-refractivity contribution in [3.63, 3.8) is 0 Å². The fourth-order valence-electron chi connectivity index (χ4n) is 2.21. The molecule has 1 aromatic carbocycles. The lowest BCUT2D eigenvalue weighted by Gasteiger charge is -2.14. The van der Waals surface area contributed by atoms with Crippen LogP contribution in [0, 0.1) is 0 Å². The van der Waals surface area contributed by atoms with Gasteiger partial charge in [-0.2, -0.15) is 5.10 Å². The molecule has 0 spiro atoms. The van der Waals surface area contributed by atoms with Crippen LogP contribution in [0.15, 0.2) is 30.5 Å². The monoisotopic (exact) mass is 250 g/mol. The van der Waals surface area contributed by atoms with E-state index < -0.39 is 24.5 Å². The molecule has 1 fully saturated rings. The molecule has 4 atom stereocenters. The Morgan fingerprint density at radius 2 is 2.00 bits per heavy atom. The number of benzene rings is 1. The second kappa shape index (κ2) is 4.33. The first-order valence-corrected chi connectivity index (χ1v) is 5.77. The molecule has 1 saturated heterocycles. The summed E-state index contributed by atoms with van der Waals surface area (Å²) < 4.78 is 6.88. The molecule has 1 aliphatic heterocycles. The van der Waals surface area contributed by atoms with Crippen LogP contribution in [0.25, 0.3) is 10.9 Å². The molecule has 0 amide bonds. The SMILES string of the molecule is OC[C@H]1O[C@@H](n2cc3ccccc3n2)[C@H](O)[C@@H]1O. The van der Waals surface area contributed by atoms with E-state index in [1.54, 1.807) is 6.20 Å². The van der Waals surface area contributed by atoms with Crippen LogP contribution in [0.1, 0.15) is 6.23 Å². The van der Waals surface area contributed by atoms with Gasteiger partial charge in [-0.25, -0.2) is 4.68 Å². The average molecular weight is 250 g/mol. The first kappa shape index (κ1) is 11.6. The van der Waals surface area contributed by atoms with Crippen molar-refractivity contribution in [3.05, 3.63) is 30.5 Å². The predicted molar refractivity (Wildman–Crippen MR) is 62.7 cm³/mol. The summed E-state index contributed by atoms with van der Waals surface area (Å²) in [5.74, 6) is 0. The van der Waals surface area contributed by atoms with E-state index in [9.17, 15) is 10.2 Å². The van der Waals surface area contributed by atoms with Gasteiger partial charge in [0.1, 0.15) is 18.3 Å². The van der Waals surface area contributed by atoms with Gasteiger partial charge in [0.05, 0.1) is 12.1 Å². The van der Waals surface area contributed by atoms with Crippen molar-refractivity contribution < 1.29 is 20.1 Å². The zero-order valence-corrected chi connectivity index (χ0v) is 9.55. The van der Waals surface area contributed by atoms with E-state index >= 15 is 0 Å². The first-order valence-electron chi connectivity index (χ1n) is 5.77. The van der Waals surface area contributed by atoms with Crippen LogP contribution in [0.4, 0.5) is 0 Å². The van der Waals surface area contributed by atoms with E-state index in [0.717, 1.165) is 10.9 Å². The standard InChI is InChI=1S/C12H14N2O4/c15-6-9-10(16)11(17)12(18-9)14-5-7-3-1-2-4-8(7)13-14/h1-5,9-12,15-17H,6H2/t9-,10-,11-,12-/m1/s1. The van der Waals surface area contributed by atoms with E-state index in [0.29, 0.717) is 0 Å². The van der Waals surface area contributed by atoms with Crippen molar-refractivity contribution >= 4 is 10.9 Å². The molecule has 96 valence electrons. The molecular formula is C12H14N2O4. The lowest BCUT2D eigenvalue weighted by molar-refractivity contribution is -0.0582. The largest absolute Gasteiger partial charge is 0.394 e. The highest BCUT2D eigenvalue weighted by molar-refractivity contribution is 5.77. The molecule has 0 unspecified atom stereocenters. The van der Waals surface area contributed by atoms with E-state index in [-0.39, 0.29) is 6.61 Å². The smallest absolute Gasteiger partial charge is 0.179 e. The van der Waals surface area contributed by atoms with Crippen LogP contribution in [0.5, 0.6) is 0 Å². The topological polar surface area (TPSA) is 87.7 Å². The Hall–Kier alpha value is -1.47. The molecular weight excluding hydrogens is 236 g/mol. The maximum atomic E-state index is 9.89. The van der Waals surface area contributed by atoms with Gasteiger partial charge in [-0.05, 0) is 6.07 Å². The third kappa shape index (κ3) is 1.70. The number of hydrogen-bond acceptors (Lipinski definition) is 5. The highest BCUT2D eigenvalue weighted by Crippen LogP contribution is 2.29. The normalized spacial score (nSPS) is 32.2. The van der Waals surface area contributed by atoms with Crippen LogP contribution >= 0.6 is 0 Å². The Morgan fingerprint density at radius 1 is 1.22 bits per heavy atom. The van der Waals surface area contributed by atoms with Crippen molar-refractivity contribution in [1.29, 1.82) is 0 Å². The van der Waals surface area contributed by atoms with Crippen LogP contribution < -0.4 is 0 Å². The van der Waals surface area contributed by atoms with Crippen LogP contribution in [-0.4, -0.2) is 50.0 Å². The van der Waals surface area contributed by atoms with Crippen molar-refractivity contribution in [2.45, 2.75) is 24.5 Å². The minimum absolute atomic E-state index is 0.338. The number of hydrogen-bond donors (Lipinski definition) is 3. The molecule has 0 bridgehead atoms. The van der Waals surface area contributed by atoms with Crippen LogP contribution in [0.2, 0.25) is 0 Å². The highest BCUT2D eigenvalue weighted by Gasteiger charge is 2.43. The predicted octanol–water partition coefficient (Wildman–Crippen LogP) is -0.352. The average Bonchev–Trinajstić information content (AvgIpc) is 2.92. The molecule has 3 N–H and O–H groups in total. The summed E-state index contributed by atoms with van der Waals surface area (Å²) in [5, 5.41) is 33.8. The number of aromatic nitrogens is 2. The van der Waals surface area contributed by atoms with E-state index in [4.69, 9.17) is 9.84 Å². The Labute approximate surface area is 103 Å². The van der Waals surface area contributed by atoms with Crippen LogP contribution in [0.3, 0.4) is 0 Å². The number of aliphatic hydroxyl groups is 3. The first-order chi connectivity index (χ1) is 8.70. The van der Waals surface area contributed by atoms with Gasteiger partial charge in [0.15, 0.2) is 6.23 Å². The maximum Gasteiger partial charge on any atom is 0.179 e. The maximum absolute atomic E-state index is 9.89. The summed E-state index contributed by atoms with van der Waals surface area (Å²) in [7, 11) is 0. The molecule has 2 aromatic rings. The van der Waals surface area contributed by atoms with Crippen molar-refractivity contribution in [3.8, 4) is 0 Å². The van der Waals surface area contributed by atoms with Gasteiger partial charge in [-0.3, -0.25) is 0 Å². The van der Waals surface area contributed by atoms with Gasteiger partial charge in [-0.1, -0.05) is 18.2 Å². The summed E-state index contributed by atoms with van der Waals surface area (Å²) in [6, 6.07) is 7.52. The minimum Gasteiger partial charge on any atom is -0.394 e. The molecule has 1 aliphatic rings. The van der Waals surface area contributed by atoms with Gasteiger partial charge in [-0.15, -0.1) is 0 Å². The lowest BCUT2D eigenvalue weighted by atomic mass is 10.1. The van der Waals surface area contributed by atoms with Gasteiger partial charge in [0.2, 0.25) is 0 Å². The van der Waals surface area contributed by atoms with E-state index in [1.165, 1.54) is 4.68 Å². The third-order valence-electron chi connectivity index (χ3n) is 3.21. The Kier molecular flexibility index (Phi) is 2.79. The van der Waals surface area contributed by atoms with Gasteiger partial charge >= 0.3 is 0 Å². The molecule has 18 heavy (non-hydrogen) atoms. The number of ether oxygens (including phenoxy) is 1. The zero-order valence-electron chi connectivity index (χ0n) is 9.55. The van der Waals surface area contributed by atoms with Crippen molar-refractivity contribution in [2.24, 2.45) is 0 Å². The summed E-state index contributed by atoms with van der Waals surface area (Å²) in [5.41, 5.74) is 0.787. The fraction of sp³-hybridized carbons (Fsp3) is 0.417. The minimum atomic E-state index is -1.10. The van der Waals surface area contributed by atoms with Crippen LogP contribution in [-0.2, 0) is 4.74 Å². The summed E-state index contributed by atoms with van der Waals surface area (Å²) in [6.07, 6.45) is -2.01. The Balaban J connectivity index is 1.95. The quantitative estimate of drug-likeness (QED) is 0.678. The number of fused-ring (bicyclic) bond motifs is 1. The molecule has 6 nitrogen and oxygen atoms in total. The second-order valence-electron chi connectivity index (χ2n) is 4.40. The number of nitrogens with zero attached hydrogens (tertiary/aromatic N) is 2. The summed E-state index contributed by atoms with van der Waals surface area (Å²) in [4.78, 5) is 0. The molecule has 0 radical (unpaired) electrons. The number of rotatable bonds is 2. The zero-order chi connectivity index (χ0) is 12.7. The molecule has 2 heterocycles. The summed E-state index contributed by atoms with van der Waals surface area (Å²) in [6.45, 7) is -0.338. The van der Waals surface area contributed by atoms with E-state index in [1.807, 2.05) is 24.3 Å². The fourth-order valence-corrected chi connectivity index (χ4v) is 2.21. The van der Waals surface area contributed by atoms with Gasteiger partial charge in [0.25, 0.3) is 0 Å². The molecule has 1 aromatic heterocycles. The Bertz CT molecular complexity index is 523. The molecule has 3 rings (SSSR count). The third-order valence-corrected chi connectivity index (χ3v) is 3.21.